The second-order valence-electron chi connectivity index (χ2n) is 4.94. The maximum Gasteiger partial charge on any atom is 0.416 e. The van der Waals surface area contributed by atoms with Crippen molar-refractivity contribution in [3.8, 4) is 0 Å². The van der Waals surface area contributed by atoms with Gasteiger partial charge in [0.2, 0.25) is 10.0 Å². The summed E-state index contributed by atoms with van der Waals surface area (Å²) in [5.74, 6) is 0. The highest BCUT2D eigenvalue weighted by Gasteiger charge is 2.31. The van der Waals surface area contributed by atoms with Crippen LogP contribution in [-0.2, 0) is 23.2 Å². The smallest absolute Gasteiger partial charge is 0.386 e. The van der Waals surface area contributed by atoms with Gasteiger partial charge < -0.3 is 9.67 Å². The molecule has 0 fully saturated rings. The number of aryl methyl sites for hydroxylation is 1. The van der Waals surface area contributed by atoms with Gasteiger partial charge in [0.1, 0.15) is 6.10 Å². The SMILES string of the molecule is Cn1cccc1C(O)CNS(=O)(=O)c1cccc(C(F)(F)F)c1. The van der Waals surface area contributed by atoms with Gasteiger partial charge in [0, 0.05) is 25.5 Å². The lowest BCUT2D eigenvalue weighted by atomic mass is 10.2. The van der Waals surface area contributed by atoms with Crippen LogP contribution in [0.1, 0.15) is 17.4 Å². The van der Waals surface area contributed by atoms with E-state index in [0.29, 0.717) is 11.8 Å². The number of benzene rings is 1. The van der Waals surface area contributed by atoms with E-state index in [-0.39, 0.29) is 6.54 Å². The summed E-state index contributed by atoms with van der Waals surface area (Å²) in [6, 6.07) is 6.72. The molecule has 23 heavy (non-hydrogen) atoms. The van der Waals surface area contributed by atoms with E-state index in [4.69, 9.17) is 0 Å². The molecule has 1 atom stereocenters. The van der Waals surface area contributed by atoms with Crippen molar-refractivity contribution in [3.63, 3.8) is 0 Å². The number of hydrogen-bond donors (Lipinski definition) is 2. The van der Waals surface area contributed by atoms with Crippen molar-refractivity contribution < 1.29 is 26.7 Å². The van der Waals surface area contributed by atoms with Gasteiger partial charge in [0.15, 0.2) is 0 Å². The van der Waals surface area contributed by atoms with E-state index in [1.165, 1.54) is 0 Å². The maximum absolute atomic E-state index is 12.6. The molecule has 0 bridgehead atoms. The van der Waals surface area contributed by atoms with Crippen molar-refractivity contribution in [3.05, 3.63) is 53.9 Å². The quantitative estimate of drug-likeness (QED) is 0.869. The summed E-state index contributed by atoms with van der Waals surface area (Å²) in [5.41, 5.74) is -0.569. The van der Waals surface area contributed by atoms with E-state index in [0.717, 1.165) is 18.2 Å². The molecule has 1 heterocycles. The van der Waals surface area contributed by atoms with E-state index in [9.17, 15) is 26.7 Å². The summed E-state index contributed by atoms with van der Waals surface area (Å²) in [4.78, 5) is -0.508. The summed E-state index contributed by atoms with van der Waals surface area (Å²) < 4.78 is 65.8. The van der Waals surface area contributed by atoms with Gasteiger partial charge in [-0.25, -0.2) is 13.1 Å². The zero-order valence-electron chi connectivity index (χ0n) is 12.1. The first-order chi connectivity index (χ1) is 10.6. The molecule has 0 saturated carbocycles. The molecule has 9 heteroatoms. The number of rotatable bonds is 5. The van der Waals surface area contributed by atoms with E-state index < -0.39 is 32.8 Å². The average molecular weight is 348 g/mol. The van der Waals surface area contributed by atoms with E-state index in [1.54, 1.807) is 29.9 Å². The van der Waals surface area contributed by atoms with E-state index in [2.05, 4.69) is 4.72 Å². The van der Waals surface area contributed by atoms with Crippen LogP contribution in [0.3, 0.4) is 0 Å². The highest BCUT2D eigenvalue weighted by atomic mass is 32.2. The molecule has 0 saturated heterocycles. The predicted octanol–water partition coefficient (Wildman–Crippen LogP) is 2.06. The number of nitrogens with one attached hydrogen (secondary N) is 1. The number of halogens is 3. The normalized spacial score (nSPS) is 14.0. The van der Waals surface area contributed by atoms with Crippen molar-refractivity contribution in [1.82, 2.24) is 9.29 Å². The van der Waals surface area contributed by atoms with Crippen LogP contribution in [0.25, 0.3) is 0 Å². The maximum atomic E-state index is 12.6. The van der Waals surface area contributed by atoms with Crippen LogP contribution in [0.4, 0.5) is 13.2 Å². The largest absolute Gasteiger partial charge is 0.416 e. The molecule has 0 aliphatic carbocycles. The van der Waals surface area contributed by atoms with Crippen LogP contribution in [0.5, 0.6) is 0 Å². The van der Waals surface area contributed by atoms with E-state index >= 15 is 0 Å². The van der Waals surface area contributed by atoms with Gasteiger partial charge in [-0.05, 0) is 30.3 Å². The topological polar surface area (TPSA) is 71.3 Å². The van der Waals surface area contributed by atoms with Crippen LogP contribution in [0.2, 0.25) is 0 Å². The van der Waals surface area contributed by atoms with Crippen molar-refractivity contribution >= 4 is 10.0 Å². The Kier molecular flexibility index (Phi) is 4.83. The zero-order valence-corrected chi connectivity index (χ0v) is 12.9. The summed E-state index contributed by atoms with van der Waals surface area (Å²) in [7, 11) is -2.48. The first-order valence-electron chi connectivity index (χ1n) is 6.57. The van der Waals surface area contributed by atoms with Crippen molar-refractivity contribution in [2.24, 2.45) is 7.05 Å². The van der Waals surface area contributed by atoms with Crippen LogP contribution >= 0.6 is 0 Å². The second kappa shape index (κ2) is 6.34. The van der Waals surface area contributed by atoms with Gasteiger partial charge in [-0.2, -0.15) is 13.2 Å². The van der Waals surface area contributed by atoms with Crippen LogP contribution in [0.15, 0.2) is 47.5 Å². The number of aromatic nitrogens is 1. The fraction of sp³-hybridized carbons (Fsp3) is 0.286. The average Bonchev–Trinajstić information content (AvgIpc) is 2.90. The van der Waals surface area contributed by atoms with Gasteiger partial charge in [-0.15, -0.1) is 0 Å². The molecule has 2 N–H and O–H groups in total. The highest BCUT2D eigenvalue weighted by Crippen LogP contribution is 2.30. The minimum absolute atomic E-state index is 0.351. The number of nitrogens with zero attached hydrogens (tertiary/aromatic N) is 1. The zero-order chi connectivity index (χ0) is 17.3. The lowest BCUT2D eigenvalue weighted by Gasteiger charge is -2.14. The number of hydrogen-bond acceptors (Lipinski definition) is 3. The highest BCUT2D eigenvalue weighted by molar-refractivity contribution is 7.89. The summed E-state index contributed by atoms with van der Waals surface area (Å²) in [5, 5.41) is 9.96. The van der Waals surface area contributed by atoms with Crippen LogP contribution in [0, 0.1) is 0 Å². The molecular formula is C14H15F3N2O3S. The van der Waals surface area contributed by atoms with Crippen molar-refractivity contribution in [2.45, 2.75) is 17.2 Å². The fourth-order valence-electron chi connectivity index (χ4n) is 2.04. The fourth-order valence-corrected chi connectivity index (χ4v) is 3.12. The molecule has 0 spiro atoms. The van der Waals surface area contributed by atoms with Crippen molar-refractivity contribution in [1.29, 1.82) is 0 Å². The van der Waals surface area contributed by atoms with Crippen LogP contribution in [-0.4, -0.2) is 24.6 Å². The number of alkyl halides is 3. The summed E-state index contributed by atoms with van der Waals surface area (Å²) >= 11 is 0. The number of aliphatic hydroxyl groups is 1. The third-order valence-electron chi connectivity index (χ3n) is 3.26. The molecule has 0 amide bonds. The van der Waals surface area contributed by atoms with Gasteiger partial charge in [-0.1, -0.05) is 6.07 Å². The Morgan fingerprint density at radius 3 is 2.52 bits per heavy atom. The second-order valence-corrected chi connectivity index (χ2v) is 6.70. The number of aliphatic hydroxyl groups excluding tert-OH is 1. The lowest BCUT2D eigenvalue weighted by Crippen LogP contribution is -2.29. The molecule has 1 unspecified atom stereocenters. The first kappa shape index (κ1) is 17.5. The third kappa shape index (κ3) is 4.12. The van der Waals surface area contributed by atoms with Crippen LogP contribution < -0.4 is 4.72 Å². The minimum atomic E-state index is -4.63. The molecule has 0 radical (unpaired) electrons. The Morgan fingerprint density at radius 2 is 1.96 bits per heavy atom. The van der Waals surface area contributed by atoms with Gasteiger partial charge in [0.05, 0.1) is 10.5 Å². The molecule has 5 nitrogen and oxygen atoms in total. The van der Waals surface area contributed by atoms with Crippen molar-refractivity contribution in [2.75, 3.05) is 6.54 Å². The first-order valence-corrected chi connectivity index (χ1v) is 8.06. The molecule has 126 valence electrons. The van der Waals surface area contributed by atoms with Gasteiger partial charge in [0.25, 0.3) is 0 Å². The number of sulfonamides is 1. The van der Waals surface area contributed by atoms with Gasteiger partial charge in [-0.3, -0.25) is 0 Å². The Hall–Kier alpha value is -1.84. The molecule has 2 aromatic rings. The predicted molar refractivity (Wildman–Crippen MR) is 77.0 cm³/mol. The summed E-state index contributed by atoms with van der Waals surface area (Å²) in [6.07, 6.45) is -4.07. The Morgan fingerprint density at radius 1 is 1.26 bits per heavy atom. The molecule has 1 aromatic heterocycles. The molecular weight excluding hydrogens is 333 g/mol. The minimum Gasteiger partial charge on any atom is -0.386 e. The molecule has 0 aliphatic rings. The summed E-state index contributed by atoms with van der Waals surface area (Å²) in [6.45, 7) is -0.351. The Balaban J connectivity index is 2.15. The third-order valence-corrected chi connectivity index (χ3v) is 4.68. The molecule has 1 aromatic carbocycles. The molecule has 0 aliphatic heterocycles. The Labute approximate surface area is 131 Å². The Bertz CT molecular complexity index is 785. The molecule has 2 rings (SSSR count). The standard InChI is InChI=1S/C14H15F3N2O3S/c1-19-7-3-6-12(19)13(20)9-18-23(21,22)11-5-2-4-10(8-11)14(15,16)17/h2-8,13,18,20H,9H2,1H3. The van der Waals surface area contributed by atoms with E-state index in [1.807, 2.05) is 0 Å². The lowest BCUT2D eigenvalue weighted by molar-refractivity contribution is -0.137. The van der Waals surface area contributed by atoms with Gasteiger partial charge >= 0.3 is 6.18 Å². The monoisotopic (exact) mass is 348 g/mol.